The number of furan rings is 1. The first-order valence-electron chi connectivity index (χ1n) is 14.1. The number of hydrazine groups is 1. The van der Waals surface area contributed by atoms with Gasteiger partial charge in [-0.3, -0.25) is 20.4 Å². The maximum atomic E-state index is 13.5. The van der Waals surface area contributed by atoms with E-state index in [1.165, 1.54) is 0 Å². The van der Waals surface area contributed by atoms with Crippen molar-refractivity contribution in [3.8, 4) is 28.2 Å². The summed E-state index contributed by atoms with van der Waals surface area (Å²) in [6.45, 7) is 0. The van der Waals surface area contributed by atoms with Crippen LogP contribution in [0.4, 0.5) is 5.69 Å². The second-order valence-corrected chi connectivity index (χ2v) is 9.95. The molecule has 0 unspecified atom stereocenters. The number of hydrogen-bond donors (Lipinski definition) is 3. The predicted octanol–water partition coefficient (Wildman–Crippen LogP) is 7.69. The van der Waals surface area contributed by atoms with E-state index in [9.17, 15) is 9.59 Å². The molecule has 1 aromatic heterocycles. The van der Waals surface area contributed by atoms with Crippen LogP contribution in [0.5, 0.6) is 5.75 Å². The summed E-state index contributed by atoms with van der Waals surface area (Å²) in [4.78, 5) is 26.7. The van der Waals surface area contributed by atoms with Crippen molar-refractivity contribution in [2.75, 3.05) is 12.5 Å². The minimum Gasteiger partial charge on any atom is -0.496 e. The van der Waals surface area contributed by atoms with Gasteiger partial charge in [0, 0.05) is 33.7 Å². The zero-order valence-electron chi connectivity index (χ0n) is 23.9. The Hall–Kier alpha value is -6.08. The van der Waals surface area contributed by atoms with Gasteiger partial charge in [0.15, 0.2) is 0 Å². The number of para-hydroxylation sites is 1. The number of fused-ring (bicyclic) bond motifs is 1. The van der Waals surface area contributed by atoms with Gasteiger partial charge >= 0.3 is 0 Å². The fourth-order valence-corrected chi connectivity index (χ4v) is 4.93. The minimum absolute atomic E-state index is 0.0213. The zero-order valence-corrected chi connectivity index (χ0v) is 23.9. The number of hydrogen-bond acceptors (Lipinski definition) is 5. The molecule has 0 radical (unpaired) electrons. The second-order valence-electron chi connectivity index (χ2n) is 9.95. The van der Waals surface area contributed by atoms with Crippen LogP contribution in [0, 0.1) is 0 Å². The summed E-state index contributed by atoms with van der Waals surface area (Å²) in [7, 11) is 1.55. The van der Waals surface area contributed by atoms with Gasteiger partial charge in [0.2, 0.25) is 0 Å². The van der Waals surface area contributed by atoms with Gasteiger partial charge in [-0.05, 0) is 42.0 Å². The standard InChI is InChI=1S/C37H29N3O4/c1-43-32-24-33-30(34(25-14-6-2-7-15-25)35(44-33)26-16-8-3-9-17-26)22-28(32)23-31(38-36(41)27-18-10-4-11-19-27)37(42)40-39-29-20-12-5-13-21-29/h2-24,39H,1H3,(H,38,41)(H,40,42)/b31-23-. The van der Waals surface area contributed by atoms with Crippen LogP contribution in [0.25, 0.3) is 39.5 Å². The highest BCUT2D eigenvalue weighted by Crippen LogP contribution is 2.43. The van der Waals surface area contributed by atoms with Gasteiger partial charge in [0.25, 0.3) is 11.8 Å². The van der Waals surface area contributed by atoms with Crippen molar-refractivity contribution >= 4 is 34.5 Å². The van der Waals surface area contributed by atoms with Crippen LogP contribution >= 0.6 is 0 Å². The fraction of sp³-hybridized carbons (Fsp3) is 0.0270. The molecule has 0 bridgehead atoms. The van der Waals surface area contributed by atoms with E-state index in [2.05, 4.69) is 16.2 Å². The Labute approximate surface area is 254 Å². The Kier molecular flexibility index (Phi) is 8.19. The molecule has 1 heterocycles. The monoisotopic (exact) mass is 579 g/mol. The van der Waals surface area contributed by atoms with Crippen molar-refractivity contribution < 1.29 is 18.7 Å². The molecule has 0 aliphatic carbocycles. The molecule has 216 valence electrons. The van der Waals surface area contributed by atoms with Crippen LogP contribution in [0.1, 0.15) is 15.9 Å². The molecular weight excluding hydrogens is 550 g/mol. The van der Waals surface area contributed by atoms with Gasteiger partial charge in [-0.15, -0.1) is 0 Å². The highest BCUT2D eigenvalue weighted by Gasteiger charge is 2.21. The number of amides is 2. The molecule has 0 aliphatic rings. The summed E-state index contributed by atoms with van der Waals surface area (Å²) in [5.74, 6) is 0.227. The van der Waals surface area contributed by atoms with Crippen molar-refractivity contribution in [1.82, 2.24) is 10.7 Å². The van der Waals surface area contributed by atoms with E-state index in [0.29, 0.717) is 28.1 Å². The first kappa shape index (κ1) is 28.1. The minimum atomic E-state index is -0.541. The quantitative estimate of drug-likeness (QED) is 0.121. The Morgan fingerprint density at radius 3 is 1.95 bits per heavy atom. The molecule has 2 amide bonds. The number of nitrogens with one attached hydrogen (secondary N) is 3. The Morgan fingerprint density at radius 2 is 1.32 bits per heavy atom. The fourth-order valence-electron chi connectivity index (χ4n) is 4.93. The number of methoxy groups -OCH3 is 1. The highest BCUT2D eigenvalue weighted by atomic mass is 16.5. The lowest BCUT2D eigenvalue weighted by Gasteiger charge is -2.14. The molecule has 3 N–H and O–H groups in total. The lowest BCUT2D eigenvalue weighted by molar-refractivity contribution is -0.117. The van der Waals surface area contributed by atoms with E-state index in [0.717, 1.165) is 27.8 Å². The normalized spacial score (nSPS) is 11.2. The third kappa shape index (κ3) is 6.07. The molecule has 0 fully saturated rings. The molecule has 0 aliphatic heterocycles. The first-order valence-corrected chi connectivity index (χ1v) is 14.1. The van der Waals surface area contributed by atoms with E-state index < -0.39 is 11.8 Å². The third-order valence-corrected chi connectivity index (χ3v) is 7.06. The van der Waals surface area contributed by atoms with E-state index in [-0.39, 0.29) is 5.70 Å². The second kappa shape index (κ2) is 12.8. The average Bonchev–Trinajstić information content (AvgIpc) is 3.46. The van der Waals surface area contributed by atoms with Gasteiger partial charge in [-0.1, -0.05) is 97.1 Å². The van der Waals surface area contributed by atoms with E-state index in [1.807, 2.05) is 103 Å². The maximum Gasteiger partial charge on any atom is 0.286 e. The van der Waals surface area contributed by atoms with Crippen LogP contribution in [0.3, 0.4) is 0 Å². The van der Waals surface area contributed by atoms with Gasteiger partial charge in [0.1, 0.15) is 22.8 Å². The summed E-state index contributed by atoms with van der Waals surface area (Å²) in [6.07, 6.45) is 1.60. The highest BCUT2D eigenvalue weighted by molar-refractivity contribution is 6.07. The molecule has 5 aromatic carbocycles. The molecule has 7 heteroatoms. The molecule has 44 heavy (non-hydrogen) atoms. The van der Waals surface area contributed by atoms with Gasteiger partial charge < -0.3 is 14.5 Å². The lowest BCUT2D eigenvalue weighted by atomic mass is 9.97. The Morgan fingerprint density at radius 1 is 0.727 bits per heavy atom. The van der Waals surface area contributed by atoms with Crippen LogP contribution < -0.4 is 20.9 Å². The van der Waals surface area contributed by atoms with E-state index >= 15 is 0 Å². The molecule has 0 atom stereocenters. The Balaban J connectivity index is 1.47. The van der Waals surface area contributed by atoms with E-state index in [1.54, 1.807) is 43.5 Å². The Bertz CT molecular complexity index is 1940. The van der Waals surface area contributed by atoms with Crippen LogP contribution in [0.15, 0.2) is 144 Å². The molecule has 0 saturated heterocycles. The third-order valence-electron chi connectivity index (χ3n) is 7.06. The maximum absolute atomic E-state index is 13.5. The number of benzene rings is 5. The predicted molar refractivity (Wildman–Crippen MR) is 174 cm³/mol. The number of carbonyl (C=O) groups is 2. The SMILES string of the molecule is COc1cc2oc(-c3ccccc3)c(-c3ccccc3)c2cc1/C=C(\NC(=O)c1ccccc1)C(=O)NNc1ccccc1. The summed E-state index contributed by atoms with van der Waals surface area (Å²) < 4.78 is 12.2. The van der Waals surface area contributed by atoms with Gasteiger partial charge in [0.05, 0.1) is 12.8 Å². The molecule has 0 spiro atoms. The molecule has 7 nitrogen and oxygen atoms in total. The van der Waals surface area contributed by atoms with Crippen LogP contribution in [-0.4, -0.2) is 18.9 Å². The summed E-state index contributed by atoms with van der Waals surface area (Å²) >= 11 is 0. The largest absolute Gasteiger partial charge is 0.496 e. The summed E-state index contributed by atoms with van der Waals surface area (Å²) in [6, 6.07) is 41.5. The van der Waals surface area contributed by atoms with Gasteiger partial charge in [-0.25, -0.2) is 0 Å². The van der Waals surface area contributed by atoms with E-state index in [4.69, 9.17) is 9.15 Å². The average molecular weight is 580 g/mol. The summed E-state index contributed by atoms with van der Waals surface area (Å²) in [5, 5.41) is 3.62. The zero-order chi connectivity index (χ0) is 30.3. The smallest absolute Gasteiger partial charge is 0.286 e. The number of rotatable bonds is 9. The van der Waals surface area contributed by atoms with Crippen molar-refractivity contribution in [2.24, 2.45) is 0 Å². The number of ether oxygens (including phenoxy) is 1. The first-order chi connectivity index (χ1) is 21.6. The van der Waals surface area contributed by atoms with Crippen LogP contribution in [-0.2, 0) is 4.79 Å². The molecule has 6 rings (SSSR count). The number of carbonyl (C=O) groups excluding carboxylic acids is 2. The molecular formula is C37H29N3O4. The summed E-state index contributed by atoms with van der Waals surface area (Å²) in [5.41, 5.74) is 10.7. The van der Waals surface area contributed by atoms with Crippen molar-refractivity contribution in [3.63, 3.8) is 0 Å². The van der Waals surface area contributed by atoms with Crippen molar-refractivity contribution in [3.05, 3.63) is 150 Å². The number of anilines is 1. The van der Waals surface area contributed by atoms with Crippen molar-refractivity contribution in [2.45, 2.75) is 0 Å². The molecule has 6 aromatic rings. The topological polar surface area (TPSA) is 92.6 Å². The lowest BCUT2D eigenvalue weighted by Crippen LogP contribution is -2.37. The molecule has 0 saturated carbocycles. The van der Waals surface area contributed by atoms with Crippen molar-refractivity contribution in [1.29, 1.82) is 0 Å². The van der Waals surface area contributed by atoms with Crippen LogP contribution in [0.2, 0.25) is 0 Å². The van der Waals surface area contributed by atoms with Gasteiger partial charge in [-0.2, -0.15) is 0 Å².